The lowest BCUT2D eigenvalue weighted by atomic mass is 10.2. The Morgan fingerprint density at radius 3 is 2.43 bits per heavy atom. The average Bonchev–Trinajstić information content (AvgIpc) is 2.43. The van der Waals surface area contributed by atoms with Crippen molar-refractivity contribution in [1.82, 2.24) is 14.8 Å². The second-order valence-electron chi connectivity index (χ2n) is 2.99. The molecule has 4 nitrogen and oxygen atoms in total. The molecule has 1 aromatic heterocycles. The van der Waals surface area contributed by atoms with E-state index in [2.05, 4.69) is 17.0 Å². The van der Waals surface area contributed by atoms with E-state index in [0.717, 1.165) is 18.1 Å². The highest BCUT2D eigenvalue weighted by molar-refractivity contribution is 7.59. The Hall–Kier alpha value is -0.550. The molecule has 0 fully saturated rings. The molecule has 82 valence electrons. The molecule has 0 saturated heterocycles. The minimum absolute atomic E-state index is 0. The van der Waals surface area contributed by atoms with Crippen molar-refractivity contribution >= 4 is 13.5 Å². The lowest BCUT2D eigenvalue weighted by Gasteiger charge is -2.09. The van der Waals surface area contributed by atoms with Crippen molar-refractivity contribution in [2.75, 3.05) is 6.61 Å². The summed E-state index contributed by atoms with van der Waals surface area (Å²) in [4.78, 5) is 4.33. The molecular weight excluding hydrogens is 198 g/mol. The van der Waals surface area contributed by atoms with Gasteiger partial charge in [-0.3, -0.25) is 4.68 Å². The second-order valence-corrected chi connectivity index (χ2v) is 2.99. The van der Waals surface area contributed by atoms with E-state index in [1.165, 1.54) is 0 Å². The number of hydrogen-bond acceptors (Lipinski definition) is 3. The number of ether oxygens (including phenoxy) is 1. The second kappa shape index (κ2) is 6.03. The summed E-state index contributed by atoms with van der Waals surface area (Å²) < 4.78 is 7.28. The Balaban J connectivity index is 0.00000169. The normalized spacial score (nSPS) is 12.3. The van der Waals surface area contributed by atoms with Crippen LogP contribution in [0.25, 0.3) is 0 Å². The highest BCUT2D eigenvalue weighted by atomic mass is 32.1. The first-order chi connectivity index (χ1) is 6.19. The number of nitrogens with zero attached hydrogens (tertiary/aromatic N) is 3. The molecule has 1 atom stereocenters. The van der Waals surface area contributed by atoms with Gasteiger partial charge in [0.1, 0.15) is 11.9 Å². The van der Waals surface area contributed by atoms with Crippen LogP contribution in [0.4, 0.5) is 0 Å². The third-order valence-corrected chi connectivity index (χ3v) is 2.02. The van der Waals surface area contributed by atoms with Gasteiger partial charge in [-0.25, -0.2) is 4.98 Å². The zero-order valence-electron chi connectivity index (χ0n) is 9.24. The SMILES string of the molecule is CCOC(CC)c1nc(C)n(C)n1.S. The predicted octanol–water partition coefficient (Wildman–Crippen LogP) is 1.72. The summed E-state index contributed by atoms with van der Waals surface area (Å²) in [5, 5.41) is 4.28. The van der Waals surface area contributed by atoms with Gasteiger partial charge in [-0.05, 0) is 20.3 Å². The molecule has 5 heteroatoms. The summed E-state index contributed by atoms with van der Waals surface area (Å²) in [6, 6.07) is 0. The Morgan fingerprint density at radius 1 is 1.43 bits per heavy atom. The molecule has 0 N–H and O–H groups in total. The highest BCUT2D eigenvalue weighted by Crippen LogP contribution is 2.16. The Labute approximate surface area is 92.1 Å². The number of hydrogen-bond donors (Lipinski definition) is 0. The number of aryl methyl sites for hydroxylation is 2. The van der Waals surface area contributed by atoms with Gasteiger partial charge in [0.2, 0.25) is 0 Å². The number of aromatic nitrogens is 3. The van der Waals surface area contributed by atoms with Crippen molar-refractivity contribution in [3.8, 4) is 0 Å². The van der Waals surface area contributed by atoms with Crippen molar-refractivity contribution in [1.29, 1.82) is 0 Å². The van der Waals surface area contributed by atoms with Gasteiger partial charge in [-0.1, -0.05) is 6.92 Å². The van der Waals surface area contributed by atoms with E-state index in [1.807, 2.05) is 20.9 Å². The summed E-state index contributed by atoms with van der Waals surface area (Å²) in [5.74, 6) is 1.72. The molecule has 0 spiro atoms. The van der Waals surface area contributed by atoms with Gasteiger partial charge in [0.05, 0.1) is 0 Å². The molecule has 0 radical (unpaired) electrons. The van der Waals surface area contributed by atoms with Gasteiger partial charge in [-0.15, -0.1) is 0 Å². The standard InChI is InChI=1S/C9H17N3O.H2S/c1-5-8(13-6-2)9-10-7(3)12(4)11-9;/h8H,5-6H2,1-4H3;1H2. The molecule has 0 aliphatic carbocycles. The van der Waals surface area contributed by atoms with E-state index >= 15 is 0 Å². The molecule has 1 rings (SSSR count). The van der Waals surface area contributed by atoms with E-state index < -0.39 is 0 Å². The van der Waals surface area contributed by atoms with Gasteiger partial charge >= 0.3 is 0 Å². The maximum absolute atomic E-state index is 5.51. The molecule has 0 aliphatic heterocycles. The number of rotatable bonds is 4. The van der Waals surface area contributed by atoms with E-state index in [0.29, 0.717) is 6.61 Å². The molecule has 1 heterocycles. The maximum atomic E-state index is 5.51. The lowest BCUT2D eigenvalue weighted by Crippen LogP contribution is -2.05. The van der Waals surface area contributed by atoms with Crippen LogP contribution in [0.15, 0.2) is 0 Å². The first-order valence-corrected chi connectivity index (χ1v) is 4.68. The quantitative estimate of drug-likeness (QED) is 0.771. The first-order valence-electron chi connectivity index (χ1n) is 4.68. The topological polar surface area (TPSA) is 39.9 Å². The summed E-state index contributed by atoms with van der Waals surface area (Å²) in [6.07, 6.45) is 0.960. The molecule has 0 bridgehead atoms. The van der Waals surface area contributed by atoms with Crippen molar-refractivity contribution in [2.45, 2.75) is 33.3 Å². The van der Waals surface area contributed by atoms with Gasteiger partial charge in [0, 0.05) is 13.7 Å². The Bertz CT molecular complexity index is 256. The smallest absolute Gasteiger partial charge is 0.179 e. The predicted molar refractivity (Wildman–Crippen MR) is 60.8 cm³/mol. The van der Waals surface area contributed by atoms with Crippen molar-refractivity contribution in [2.24, 2.45) is 7.05 Å². The van der Waals surface area contributed by atoms with Crippen LogP contribution in [-0.2, 0) is 11.8 Å². The molecule has 0 amide bonds. The molecule has 1 aromatic rings. The fraction of sp³-hybridized carbons (Fsp3) is 0.778. The van der Waals surface area contributed by atoms with Gasteiger partial charge in [0.25, 0.3) is 0 Å². The van der Waals surface area contributed by atoms with E-state index in [1.54, 1.807) is 4.68 Å². The largest absolute Gasteiger partial charge is 0.370 e. The average molecular weight is 217 g/mol. The van der Waals surface area contributed by atoms with Crippen LogP contribution < -0.4 is 0 Å². The fourth-order valence-corrected chi connectivity index (χ4v) is 1.20. The third-order valence-electron chi connectivity index (χ3n) is 2.02. The molecular formula is C9H19N3OS. The van der Waals surface area contributed by atoms with Crippen LogP contribution >= 0.6 is 13.5 Å². The summed E-state index contributed by atoms with van der Waals surface area (Å²) in [7, 11) is 1.89. The van der Waals surface area contributed by atoms with Gasteiger partial charge < -0.3 is 4.74 Å². The molecule has 1 unspecified atom stereocenters. The summed E-state index contributed by atoms with van der Waals surface area (Å²) in [6.45, 7) is 6.70. The van der Waals surface area contributed by atoms with E-state index in [4.69, 9.17) is 4.74 Å². The zero-order chi connectivity index (χ0) is 9.84. The minimum atomic E-state index is 0. The third kappa shape index (κ3) is 2.99. The highest BCUT2D eigenvalue weighted by Gasteiger charge is 2.14. The Kier molecular flexibility index (Phi) is 5.79. The van der Waals surface area contributed by atoms with Crippen LogP contribution in [0.5, 0.6) is 0 Å². The maximum Gasteiger partial charge on any atom is 0.179 e. The molecule has 14 heavy (non-hydrogen) atoms. The van der Waals surface area contributed by atoms with Crippen LogP contribution in [-0.4, -0.2) is 21.4 Å². The van der Waals surface area contributed by atoms with Crippen molar-refractivity contribution in [3.63, 3.8) is 0 Å². The van der Waals surface area contributed by atoms with Crippen LogP contribution in [0.3, 0.4) is 0 Å². The van der Waals surface area contributed by atoms with E-state index in [-0.39, 0.29) is 19.6 Å². The van der Waals surface area contributed by atoms with E-state index in [9.17, 15) is 0 Å². The van der Waals surface area contributed by atoms with Crippen molar-refractivity contribution < 1.29 is 4.74 Å². The zero-order valence-corrected chi connectivity index (χ0v) is 10.2. The van der Waals surface area contributed by atoms with Crippen LogP contribution in [0, 0.1) is 6.92 Å². The lowest BCUT2D eigenvalue weighted by molar-refractivity contribution is 0.0534. The van der Waals surface area contributed by atoms with Gasteiger partial charge in [-0.2, -0.15) is 18.6 Å². The molecule has 0 aliphatic rings. The molecule has 0 aromatic carbocycles. The Morgan fingerprint density at radius 2 is 2.07 bits per heavy atom. The monoisotopic (exact) mass is 217 g/mol. The summed E-state index contributed by atoms with van der Waals surface area (Å²) >= 11 is 0. The fourth-order valence-electron chi connectivity index (χ4n) is 1.20. The summed E-state index contributed by atoms with van der Waals surface area (Å²) in [5.41, 5.74) is 0. The first kappa shape index (κ1) is 13.4. The molecule has 0 saturated carbocycles. The van der Waals surface area contributed by atoms with Crippen molar-refractivity contribution in [3.05, 3.63) is 11.6 Å². The van der Waals surface area contributed by atoms with Crippen LogP contribution in [0.1, 0.15) is 38.0 Å². The van der Waals surface area contributed by atoms with Gasteiger partial charge in [0.15, 0.2) is 5.82 Å². The minimum Gasteiger partial charge on any atom is -0.370 e. The van der Waals surface area contributed by atoms with Crippen LogP contribution in [0.2, 0.25) is 0 Å².